The summed E-state index contributed by atoms with van der Waals surface area (Å²) in [6.07, 6.45) is -1.90. The summed E-state index contributed by atoms with van der Waals surface area (Å²) in [6.45, 7) is -0.0308. The molecule has 0 fully saturated rings. The molecule has 6 N–H and O–H groups in total. The van der Waals surface area contributed by atoms with Crippen LogP contribution in [0, 0.1) is 0 Å². The Balaban J connectivity index is 2.13. The van der Waals surface area contributed by atoms with Crippen molar-refractivity contribution >= 4 is 5.91 Å². The number of aliphatic hydroxyl groups is 2. The van der Waals surface area contributed by atoms with Crippen molar-refractivity contribution in [3.63, 3.8) is 0 Å². The minimum absolute atomic E-state index is 0.0308. The number of phenols is 3. The number of amides is 1. The van der Waals surface area contributed by atoms with Crippen molar-refractivity contribution in [3.8, 4) is 17.2 Å². The van der Waals surface area contributed by atoms with Crippen LogP contribution >= 0.6 is 0 Å². The van der Waals surface area contributed by atoms with E-state index in [4.69, 9.17) is 10.2 Å². The molecule has 7 nitrogen and oxygen atoms in total. The molecule has 22 heavy (non-hydrogen) atoms. The zero-order valence-electron chi connectivity index (χ0n) is 11.4. The topological polar surface area (TPSA) is 130 Å². The zero-order valence-corrected chi connectivity index (χ0v) is 11.4. The van der Waals surface area contributed by atoms with E-state index in [1.165, 1.54) is 30.3 Å². The predicted octanol–water partition coefficient (Wildman–Crippen LogP) is 0.717. The lowest BCUT2D eigenvalue weighted by molar-refractivity contribution is -0.0438. The summed E-state index contributed by atoms with van der Waals surface area (Å²) in [7, 11) is 0. The molecule has 116 valence electrons. The summed E-state index contributed by atoms with van der Waals surface area (Å²) >= 11 is 0. The molecule has 0 radical (unpaired) electrons. The largest absolute Gasteiger partial charge is 0.507 e. The van der Waals surface area contributed by atoms with Gasteiger partial charge in [-0.25, -0.2) is 0 Å². The van der Waals surface area contributed by atoms with Gasteiger partial charge in [0.05, 0.1) is 0 Å². The third kappa shape index (κ3) is 3.27. The van der Waals surface area contributed by atoms with E-state index in [1.807, 2.05) is 0 Å². The Hall–Kier alpha value is -2.77. The Morgan fingerprint density at radius 3 is 2.45 bits per heavy atom. The highest BCUT2D eigenvalue weighted by molar-refractivity contribution is 5.94. The number of phenolic OH excluding ortho intramolecular Hbond substituents is 3. The fraction of sp³-hybridized carbons (Fsp3) is 0.133. The van der Waals surface area contributed by atoms with Gasteiger partial charge in [-0.2, -0.15) is 0 Å². The highest BCUT2D eigenvalue weighted by Gasteiger charge is 2.14. The van der Waals surface area contributed by atoms with Crippen molar-refractivity contribution in [1.82, 2.24) is 5.32 Å². The normalized spacial score (nSPS) is 10.7. The number of hydrogen-bond acceptors (Lipinski definition) is 6. The van der Waals surface area contributed by atoms with Gasteiger partial charge >= 0.3 is 0 Å². The lowest BCUT2D eigenvalue weighted by Crippen LogP contribution is -2.23. The van der Waals surface area contributed by atoms with E-state index in [0.717, 1.165) is 6.07 Å². The quantitative estimate of drug-likeness (QED) is 0.364. The van der Waals surface area contributed by atoms with Crippen molar-refractivity contribution in [2.24, 2.45) is 0 Å². The van der Waals surface area contributed by atoms with Crippen LogP contribution in [0.4, 0.5) is 0 Å². The van der Waals surface area contributed by atoms with E-state index < -0.39 is 12.2 Å². The number of rotatable bonds is 4. The highest BCUT2D eigenvalue weighted by atomic mass is 16.5. The van der Waals surface area contributed by atoms with E-state index in [1.54, 1.807) is 0 Å². The third-order valence-electron chi connectivity index (χ3n) is 3.11. The molecule has 0 unspecified atom stereocenters. The molecule has 0 heterocycles. The van der Waals surface area contributed by atoms with Crippen molar-refractivity contribution in [3.05, 3.63) is 53.1 Å². The number of nitrogens with one attached hydrogen (secondary N) is 1. The SMILES string of the molecule is O=C(NCc1cccc(O)c1O)c1ccc(O)c(C(O)O)c1. The van der Waals surface area contributed by atoms with Gasteiger partial charge in [0.2, 0.25) is 0 Å². The molecule has 2 rings (SSSR count). The maximum atomic E-state index is 12.0. The Morgan fingerprint density at radius 2 is 1.77 bits per heavy atom. The van der Waals surface area contributed by atoms with E-state index >= 15 is 0 Å². The van der Waals surface area contributed by atoms with Crippen LogP contribution in [0.15, 0.2) is 36.4 Å². The molecule has 7 heteroatoms. The second-order valence-corrected chi connectivity index (χ2v) is 4.61. The molecule has 0 spiro atoms. The van der Waals surface area contributed by atoms with Crippen LogP contribution in [0.3, 0.4) is 0 Å². The Morgan fingerprint density at radius 1 is 1.05 bits per heavy atom. The fourth-order valence-corrected chi connectivity index (χ4v) is 1.90. The van der Waals surface area contributed by atoms with E-state index in [0.29, 0.717) is 5.56 Å². The van der Waals surface area contributed by atoms with Gasteiger partial charge in [0.15, 0.2) is 17.8 Å². The molecular formula is C15H15NO6. The van der Waals surface area contributed by atoms with Gasteiger partial charge < -0.3 is 30.8 Å². The third-order valence-corrected chi connectivity index (χ3v) is 3.11. The Bertz CT molecular complexity index is 698. The average molecular weight is 305 g/mol. The van der Waals surface area contributed by atoms with Gasteiger partial charge in [0, 0.05) is 23.2 Å². The first kappa shape index (κ1) is 15.6. The molecule has 0 saturated heterocycles. The first-order valence-corrected chi connectivity index (χ1v) is 6.37. The summed E-state index contributed by atoms with van der Waals surface area (Å²) in [5, 5.41) is 49.1. The van der Waals surface area contributed by atoms with Gasteiger partial charge in [-0.15, -0.1) is 0 Å². The molecule has 0 atom stereocenters. The number of aliphatic hydroxyl groups excluding tert-OH is 1. The molecule has 0 aromatic heterocycles. The molecule has 0 aliphatic rings. The van der Waals surface area contributed by atoms with Crippen molar-refractivity contribution in [1.29, 1.82) is 0 Å². The maximum absolute atomic E-state index is 12.0. The van der Waals surface area contributed by atoms with Crippen LogP contribution in [0.5, 0.6) is 17.2 Å². The lowest BCUT2D eigenvalue weighted by atomic mass is 10.1. The van der Waals surface area contributed by atoms with Crippen LogP contribution in [-0.4, -0.2) is 31.4 Å². The van der Waals surface area contributed by atoms with Gasteiger partial charge in [-0.1, -0.05) is 12.1 Å². The summed E-state index contributed by atoms with van der Waals surface area (Å²) < 4.78 is 0. The van der Waals surface area contributed by atoms with Crippen molar-refractivity contribution < 1.29 is 30.3 Å². The Kier molecular flexibility index (Phi) is 4.50. The molecule has 2 aromatic carbocycles. The first-order chi connectivity index (χ1) is 10.4. The van der Waals surface area contributed by atoms with Gasteiger partial charge in [0.1, 0.15) is 5.75 Å². The predicted molar refractivity (Wildman–Crippen MR) is 76.2 cm³/mol. The van der Waals surface area contributed by atoms with Crippen LogP contribution in [0.1, 0.15) is 27.8 Å². The summed E-state index contributed by atoms with van der Waals surface area (Å²) in [5.41, 5.74) is 0.253. The monoisotopic (exact) mass is 305 g/mol. The molecular weight excluding hydrogens is 290 g/mol. The number of hydrogen-bond donors (Lipinski definition) is 6. The molecule has 0 saturated carbocycles. The number of benzene rings is 2. The molecule has 1 amide bonds. The van der Waals surface area contributed by atoms with E-state index in [2.05, 4.69) is 5.32 Å². The number of carbonyl (C=O) groups excluding carboxylic acids is 1. The smallest absolute Gasteiger partial charge is 0.251 e. The van der Waals surface area contributed by atoms with Crippen molar-refractivity contribution in [2.45, 2.75) is 12.8 Å². The minimum Gasteiger partial charge on any atom is -0.507 e. The first-order valence-electron chi connectivity index (χ1n) is 6.37. The lowest BCUT2D eigenvalue weighted by Gasteiger charge is -2.11. The minimum atomic E-state index is -1.90. The molecule has 2 aromatic rings. The van der Waals surface area contributed by atoms with Crippen molar-refractivity contribution in [2.75, 3.05) is 0 Å². The highest BCUT2D eigenvalue weighted by Crippen LogP contribution is 2.28. The number of carbonyl (C=O) groups is 1. The maximum Gasteiger partial charge on any atom is 0.251 e. The van der Waals surface area contributed by atoms with Gasteiger partial charge in [0.25, 0.3) is 5.91 Å². The van der Waals surface area contributed by atoms with Crippen LogP contribution in [0.2, 0.25) is 0 Å². The summed E-state index contributed by atoms with van der Waals surface area (Å²) in [6, 6.07) is 8.02. The number of para-hydroxylation sites is 1. The average Bonchev–Trinajstić information content (AvgIpc) is 2.48. The van der Waals surface area contributed by atoms with E-state index in [-0.39, 0.29) is 34.9 Å². The van der Waals surface area contributed by atoms with Crippen LogP contribution in [0.25, 0.3) is 0 Å². The summed E-state index contributed by atoms with van der Waals surface area (Å²) in [5.74, 6) is -1.48. The molecule has 0 aliphatic carbocycles. The van der Waals surface area contributed by atoms with Crippen LogP contribution in [-0.2, 0) is 6.54 Å². The molecule has 0 bridgehead atoms. The second kappa shape index (κ2) is 6.33. The molecule has 0 aliphatic heterocycles. The van der Waals surface area contributed by atoms with Gasteiger partial charge in [-0.3, -0.25) is 4.79 Å². The summed E-state index contributed by atoms with van der Waals surface area (Å²) in [4.78, 5) is 12.0. The standard InChI is InChI=1S/C15H15NO6/c17-11-5-4-8(6-10(11)15(21)22)14(20)16-7-9-2-1-3-12(18)13(9)19/h1-6,15,17-19,21-22H,7H2,(H,16,20). The van der Waals surface area contributed by atoms with Crippen LogP contribution < -0.4 is 5.32 Å². The second-order valence-electron chi connectivity index (χ2n) is 4.61. The van der Waals surface area contributed by atoms with E-state index in [9.17, 15) is 20.1 Å². The Labute approximate surface area is 125 Å². The number of aromatic hydroxyl groups is 3. The fourth-order valence-electron chi connectivity index (χ4n) is 1.90. The van der Waals surface area contributed by atoms with Gasteiger partial charge in [-0.05, 0) is 24.3 Å². The zero-order chi connectivity index (χ0) is 16.3.